The number of fused-ring (bicyclic) bond motifs is 1. The van der Waals surface area contributed by atoms with E-state index in [9.17, 15) is 14.8 Å². The van der Waals surface area contributed by atoms with Gasteiger partial charge in [0.05, 0.1) is 10.7 Å². The van der Waals surface area contributed by atoms with E-state index >= 15 is 4.39 Å². The van der Waals surface area contributed by atoms with E-state index in [0.717, 1.165) is 10.5 Å². The molecule has 9 nitrogen and oxygen atoms in total. The molecule has 1 fully saturated rings. The third-order valence-electron chi connectivity index (χ3n) is 5.03. The summed E-state index contributed by atoms with van der Waals surface area (Å²) in [7, 11) is -4.78. The molecule has 1 aromatic rings. The van der Waals surface area contributed by atoms with Gasteiger partial charge in [-0.3, -0.25) is 9.05 Å². The van der Waals surface area contributed by atoms with E-state index in [1.54, 1.807) is 26.0 Å². The first kappa shape index (κ1) is 19.6. The molecule has 0 aromatic heterocycles. The van der Waals surface area contributed by atoms with Crippen LogP contribution < -0.4 is 9.84 Å². The van der Waals surface area contributed by atoms with Gasteiger partial charge in [-0.2, -0.15) is 0 Å². The molecule has 0 amide bonds. The zero-order valence-electron chi connectivity index (χ0n) is 20.4. The third kappa shape index (κ3) is 4.10. The summed E-state index contributed by atoms with van der Waals surface area (Å²) in [6.07, 6.45) is -6.57. The second-order valence-electron chi connectivity index (χ2n) is 7.63. The number of nitrogens with zero attached hydrogens (tertiary/aromatic N) is 1. The first-order chi connectivity index (χ1) is 16.0. The average molecular weight is 489 g/mol. The normalized spacial score (nSPS) is 38.8. The van der Waals surface area contributed by atoms with E-state index in [0.29, 0.717) is 16.7 Å². The number of benzene rings is 1. The van der Waals surface area contributed by atoms with E-state index in [4.69, 9.17) is 34.6 Å². The maximum absolute atomic E-state index is 16.0. The zero-order chi connectivity index (χ0) is 26.1. The van der Waals surface area contributed by atoms with Crippen molar-refractivity contribution in [2.75, 3.05) is 6.56 Å². The Morgan fingerprint density at radius 2 is 2.22 bits per heavy atom. The van der Waals surface area contributed by atoms with Gasteiger partial charge in [0.2, 0.25) is 0 Å². The van der Waals surface area contributed by atoms with Crippen LogP contribution in [0.3, 0.4) is 0 Å². The van der Waals surface area contributed by atoms with Crippen molar-refractivity contribution in [1.82, 2.24) is 10.2 Å². The summed E-state index contributed by atoms with van der Waals surface area (Å²) in [6, 6.07) is 3.45. The van der Waals surface area contributed by atoms with Crippen LogP contribution in [0.25, 0.3) is 0 Å². The van der Waals surface area contributed by atoms with Gasteiger partial charge >= 0.3 is 7.82 Å². The van der Waals surface area contributed by atoms with E-state index in [1.165, 1.54) is 6.20 Å². The topological polar surface area (TPSA) is 110 Å². The second kappa shape index (κ2) is 8.18. The van der Waals surface area contributed by atoms with Crippen LogP contribution in [-0.2, 0) is 25.0 Å². The Balaban J connectivity index is 1.64. The fourth-order valence-electron chi connectivity index (χ4n) is 3.43. The van der Waals surface area contributed by atoms with Crippen LogP contribution in [0, 0.1) is 13.8 Å². The largest absolute Gasteiger partial charge is 0.530 e. The summed E-state index contributed by atoms with van der Waals surface area (Å²) < 4.78 is 74.4. The van der Waals surface area contributed by atoms with Crippen LogP contribution >= 0.6 is 20.0 Å². The molecule has 0 aliphatic carbocycles. The predicted octanol–water partition coefficient (Wildman–Crippen LogP) is 2.69. The average Bonchev–Trinajstić information content (AvgIpc) is 2.93. The number of hydrogen-bond donors (Lipinski definition) is 3. The lowest BCUT2D eigenvalue weighted by Crippen LogP contribution is -2.47. The van der Waals surface area contributed by atoms with Crippen LogP contribution in [0.15, 0.2) is 36.3 Å². The van der Waals surface area contributed by atoms with Crippen LogP contribution in [0.5, 0.6) is 5.75 Å². The van der Waals surface area contributed by atoms with E-state index in [1.807, 2.05) is 6.92 Å². The summed E-state index contributed by atoms with van der Waals surface area (Å²) in [6.45, 7) is 4.70. The van der Waals surface area contributed by atoms with Gasteiger partial charge in [-0.25, -0.2) is 8.96 Å². The lowest BCUT2D eigenvalue weighted by molar-refractivity contribution is -0.207. The van der Waals surface area contributed by atoms with E-state index in [-0.39, 0.29) is 23.2 Å². The molecule has 12 heteroatoms. The van der Waals surface area contributed by atoms with Crippen LogP contribution in [0.4, 0.5) is 4.39 Å². The van der Waals surface area contributed by atoms with Gasteiger partial charge in [-0.05, 0) is 26.3 Å². The summed E-state index contributed by atoms with van der Waals surface area (Å²) >= 11 is 5.08. The molecule has 1 saturated heterocycles. The van der Waals surface area contributed by atoms with Gasteiger partial charge in [0.25, 0.3) is 5.85 Å². The van der Waals surface area contributed by atoms with Crippen LogP contribution in [0.2, 0.25) is 0 Å². The van der Waals surface area contributed by atoms with Gasteiger partial charge < -0.3 is 29.7 Å². The monoisotopic (exact) mass is 489 g/mol. The number of hydrogen-bond acceptors (Lipinski definition) is 9. The maximum atomic E-state index is 16.0. The quantitative estimate of drug-likeness (QED) is 0.431. The lowest BCUT2D eigenvalue weighted by atomic mass is 10.1. The Morgan fingerprint density at radius 3 is 2.94 bits per heavy atom. The Kier molecular flexibility index (Phi) is 5.01. The molecule has 5 atom stereocenters. The molecule has 32 heavy (non-hydrogen) atoms. The molecule has 3 N–H and O–H groups in total. The van der Waals surface area contributed by atoms with Gasteiger partial charge in [0.1, 0.15) is 35.3 Å². The molecule has 3 aliphatic rings. The number of ether oxygens (including phenoxy) is 1. The van der Waals surface area contributed by atoms with Crippen molar-refractivity contribution in [3.05, 3.63) is 53.0 Å². The molecular weight excluding hydrogens is 462 g/mol. The highest BCUT2D eigenvalue weighted by Gasteiger charge is 2.58. The fraction of sp³-hybridized carbons (Fsp3) is 0.450. The summed E-state index contributed by atoms with van der Waals surface area (Å²) in [5, 5.41) is 23.7. The predicted molar refractivity (Wildman–Crippen MR) is 116 cm³/mol. The molecule has 3 heterocycles. The minimum atomic E-state index is -4.78. The minimum absolute atomic E-state index is 0.0957. The molecular formula is C20H24FN2O7PS. The van der Waals surface area contributed by atoms with Gasteiger partial charge in [0, 0.05) is 17.3 Å². The number of phosphoric ester groups is 1. The van der Waals surface area contributed by atoms with Gasteiger partial charge in [-0.1, -0.05) is 36.5 Å². The molecule has 0 saturated carbocycles. The third-order valence-corrected chi connectivity index (χ3v) is 6.62. The zero-order valence-corrected chi connectivity index (χ0v) is 19.1. The molecule has 0 radical (unpaired) electrons. The number of aliphatic hydroxyl groups excluding tert-OH is 2. The molecule has 0 bridgehead atoms. The number of aliphatic hydroxyl groups is 2. The maximum Gasteiger partial charge on any atom is 0.530 e. The first-order valence-corrected chi connectivity index (χ1v) is 11.4. The standard InChI is InChI=1S/C20H24FN2O7PS/c1-10-5-11(2)16-14(6-10)8-27-31(26,30-16)28-9-20(21)17(25)15(24)19(29-20)23-7-12(3)18(32)22-13(23)4/h5-7,15,17,19,24-25H,4,8-9H2,1-3H3,(H,22,32)/t15-,17+,19-,20-,31?/m1/s1/i9D2,19D. The number of thiocarbonyl (C=S) groups is 1. The number of phosphoric acid groups is 1. The summed E-state index contributed by atoms with van der Waals surface area (Å²) in [5.41, 5.74) is 2.38. The van der Waals surface area contributed by atoms with Crippen molar-refractivity contribution >= 4 is 25.0 Å². The van der Waals surface area contributed by atoms with E-state index in [2.05, 4.69) is 11.9 Å². The Labute approximate surface area is 194 Å². The SMILES string of the molecule is [2H]C([2H])(OP1(=O)OCc2cc(C)cc(C)c2O1)[C@@]1(F)O[C@@]([2H])(N2C=C(C)C(=S)NC2=C)[C@H](O)[C@@H]1O. The number of alkyl halides is 1. The van der Waals surface area contributed by atoms with Crippen molar-refractivity contribution in [2.24, 2.45) is 0 Å². The van der Waals surface area contributed by atoms with Crippen LogP contribution in [0.1, 0.15) is 27.7 Å². The highest BCUT2D eigenvalue weighted by Crippen LogP contribution is 2.56. The number of nitrogens with one attached hydrogen (secondary N) is 1. The van der Waals surface area contributed by atoms with Gasteiger partial charge in [0.15, 0.2) is 6.20 Å². The first-order valence-electron chi connectivity index (χ1n) is 11.0. The second-order valence-corrected chi connectivity index (χ2v) is 9.56. The molecule has 1 aromatic carbocycles. The van der Waals surface area contributed by atoms with Crippen molar-refractivity contribution < 1.29 is 41.6 Å². The Morgan fingerprint density at radius 1 is 1.50 bits per heavy atom. The molecule has 4 rings (SSSR count). The molecule has 174 valence electrons. The Bertz CT molecular complexity index is 1200. The smallest absolute Gasteiger partial charge is 0.403 e. The molecule has 3 aliphatic heterocycles. The highest BCUT2D eigenvalue weighted by molar-refractivity contribution is 7.80. The van der Waals surface area contributed by atoms with E-state index < -0.39 is 38.6 Å². The summed E-state index contributed by atoms with van der Waals surface area (Å²) in [4.78, 5) is 1.10. The number of rotatable bonds is 4. The number of aryl methyl sites for hydroxylation is 2. The van der Waals surface area contributed by atoms with Crippen molar-refractivity contribution in [2.45, 2.75) is 51.6 Å². The van der Waals surface area contributed by atoms with Crippen molar-refractivity contribution in [3.8, 4) is 5.75 Å². The Hall–Kier alpha value is -1.85. The highest BCUT2D eigenvalue weighted by atomic mass is 32.1. The van der Waals surface area contributed by atoms with Gasteiger partial charge in [-0.15, -0.1) is 0 Å². The minimum Gasteiger partial charge on any atom is -0.403 e. The molecule has 1 unspecified atom stereocenters. The lowest BCUT2D eigenvalue weighted by Gasteiger charge is -2.35. The summed E-state index contributed by atoms with van der Waals surface area (Å²) in [5.74, 6) is -3.86. The van der Waals surface area contributed by atoms with Crippen LogP contribution in [-0.4, -0.2) is 50.9 Å². The van der Waals surface area contributed by atoms with Crippen molar-refractivity contribution in [3.63, 3.8) is 0 Å². The molecule has 0 spiro atoms. The number of halogens is 1. The fourth-order valence-corrected chi connectivity index (χ4v) is 4.76. The van der Waals surface area contributed by atoms with Crippen molar-refractivity contribution in [1.29, 1.82) is 0 Å².